The lowest BCUT2D eigenvalue weighted by Gasteiger charge is -2.35. The molecule has 1 aliphatic carbocycles. The Hall–Kier alpha value is -1.91. The van der Waals surface area contributed by atoms with Crippen molar-refractivity contribution in [1.29, 1.82) is 0 Å². The number of carbonyl (C=O) groups is 2. The third kappa shape index (κ3) is 3.38. The van der Waals surface area contributed by atoms with Gasteiger partial charge in [0.25, 0.3) is 0 Å². The van der Waals surface area contributed by atoms with Gasteiger partial charge >= 0.3 is 0 Å². The van der Waals surface area contributed by atoms with Gasteiger partial charge in [-0.05, 0) is 44.2 Å². The number of benzene rings is 1. The minimum Gasteiger partial charge on any atom is -0.339 e. The molecule has 3 atom stereocenters. The van der Waals surface area contributed by atoms with Crippen molar-refractivity contribution in [2.75, 3.05) is 11.9 Å². The molecule has 1 aliphatic heterocycles. The van der Waals surface area contributed by atoms with Crippen LogP contribution in [0.25, 0.3) is 0 Å². The zero-order chi connectivity index (χ0) is 16.4. The quantitative estimate of drug-likeness (QED) is 0.927. The van der Waals surface area contributed by atoms with Crippen LogP contribution >= 0.6 is 0 Å². The summed E-state index contributed by atoms with van der Waals surface area (Å²) in [6, 6.07) is 6.41. The predicted molar refractivity (Wildman–Crippen MR) is 86.3 cm³/mol. The van der Waals surface area contributed by atoms with E-state index >= 15 is 0 Å². The third-order valence-corrected chi connectivity index (χ3v) is 4.96. The first-order valence-corrected chi connectivity index (χ1v) is 8.47. The lowest BCUT2D eigenvalue weighted by molar-refractivity contribution is -0.137. The van der Waals surface area contributed by atoms with Crippen LogP contribution in [0.2, 0.25) is 0 Å². The molecule has 4 nitrogen and oxygen atoms in total. The van der Waals surface area contributed by atoms with Crippen molar-refractivity contribution in [3.05, 3.63) is 30.1 Å². The fourth-order valence-corrected chi connectivity index (χ4v) is 3.47. The van der Waals surface area contributed by atoms with Crippen molar-refractivity contribution in [3.8, 4) is 0 Å². The molecular formula is C18H23FN2O2. The fraction of sp³-hybridized carbons (Fsp3) is 0.556. The Morgan fingerprint density at radius 2 is 2.04 bits per heavy atom. The summed E-state index contributed by atoms with van der Waals surface area (Å²) in [5.74, 6) is -1.15. The van der Waals surface area contributed by atoms with Crippen molar-refractivity contribution in [3.63, 3.8) is 0 Å². The van der Waals surface area contributed by atoms with E-state index < -0.39 is 5.82 Å². The molecule has 0 bridgehead atoms. The van der Waals surface area contributed by atoms with E-state index in [2.05, 4.69) is 12.2 Å². The summed E-state index contributed by atoms with van der Waals surface area (Å²) in [5.41, 5.74) is 0.181. The van der Waals surface area contributed by atoms with Gasteiger partial charge in [0.1, 0.15) is 5.82 Å². The number of piperidine rings is 1. The zero-order valence-corrected chi connectivity index (χ0v) is 13.4. The third-order valence-electron chi connectivity index (χ3n) is 4.96. The number of para-hydroxylation sites is 1. The Morgan fingerprint density at radius 3 is 2.78 bits per heavy atom. The van der Waals surface area contributed by atoms with Gasteiger partial charge < -0.3 is 10.2 Å². The zero-order valence-electron chi connectivity index (χ0n) is 13.4. The molecule has 1 aromatic carbocycles. The fourth-order valence-electron chi connectivity index (χ4n) is 3.47. The summed E-state index contributed by atoms with van der Waals surface area (Å²) >= 11 is 0. The number of anilines is 1. The molecule has 2 amide bonds. The van der Waals surface area contributed by atoms with Crippen molar-refractivity contribution >= 4 is 17.5 Å². The van der Waals surface area contributed by atoms with E-state index in [1.54, 1.807) is 12.1 Å². The highest BCUT2D eigenvalue weighted by atomic mass is 19.1. The summed E-state index contributed by atoms with van der Waals surface area (Å²) in [7, 11) is 0. The van der Waals surface area contributed by atoms with Crippen LogP contribution in [0, 0.1) is 17.7 Å². The second kappa shape index (κ2) is 6.69. The topological polar surface area (TPSA) is 49.4 Å². The van der Waals surface area contributed by atoms with E-state index in [1.165, 1.54) is 18.6 Å². The number of likely N-dealkylation sites (tertiary alicyclic amines) is 1. The van der Waals surface area contributed by atoms with Crippen LogP contribution in [0.5, 0.6) is 0 Å². The lowest BCUT2D eigenvalue weighted by atomic mass is 9.99. The van der Waals surface area contributed by atoms with Gasteiger partial charge in [0, 0.05) is 12.6 Å². The normalized spacial score (nSPS) is 26.7. The van der Waals surface area contributed by atoms with Crippen molar-refractivity contribution < 1.29 is 14.0 Å². The van der Waals surface area contributed by atoms with Crippen LogP contribution in [0.15, 0.2) is 24.3 Å². The predicted octanol–water partition coefficient (Wildman–Crippen LogP) is 3.19. The van der Waals surface area contributed by atoms with Crippen LogP contribution in [-0.2, 0) is 9.59 Å². The molecule has 1 heterocycles. The molecule has 0 radical (unpaired) electrons. The number of halogens is 1. The smallest absolute Gasteiger partial charge is 0.228 e. The van der Waals surface area contributed by atoms with Crippen molar-refractivity contribution in [1.82, 2.24) is 4.90 Å². The highest BCUT2D eigenvalue weighted by molar-refractivity contribution is 5.99. The highest BCUT2D eigenvalue weighted by Crippen LogP contribution is 2.42. The maximum Gasteiger partial charge on any atom is 0.228 e. The molecule has 1 aromatic rings. The van der Waals surface area contributed by atoms with Gasteiger partial charge in [0.05, 0.1) is 17.5 Å². The van der Waals surface area contributed by atoms with Gasteiger partial charge in [0.15, 0.2) is 0 Å². The second-order valence-electron chi connectivity index (χ2n) is 6.51. The van der Waals surface area contributed by atoms with E-state index in [1.807, 2.05) is 4.90 Å². The SMILES string of the molecule is CCC1CCCCN1C(=O)C1CC1C(=O)Nc1ccccc1F. The molecule has 0 aromatic heterocycles. The second-order valence-corrected chi connectivity index (χ2v) is 6.51. The summed E-state index contributed by atoms with van der Waals surface area (Å²) in [4.78, 5) is 26.8. The van der Waals surface area contributed by atoms with Crippen LogP contribution in [0.1, 0.15) is 39.0 Å². The average molecular weight is 318 g/mol. The van der Waals surface area contributed by atoms with Gasteiger partial charge in [-0.2, -0.15) is 0 Å². The van der Waals surface area contributed by atoms with E-state index in [0.29, 0.717) is 12.5 Å². The molecule has 23 heavy (non-hydrogen) atoms. The Kier molecular flexibility index (Phi) is 4.64. The van der Waals surface area contributed by atoms with Gasteiger partial charge in [-0.15, -0.1) is 0 Å². The Morgan fingerprint density at radius 1 is 1.26 bits per heavy atom. The standard InChI is InChI=1S/C18H23FN2O2/c1-2-12-7-5-6-10-21(12)18(23)14-11-13(14)17(22)20-16-9-4-3-8-15(16)19/h3-4,8-9,12-14H,2,5-7,10-11H2,1H3,(H,20,22). The molecule has 124 valence electrons. The van der Waals surface area contributed by atoms with Crippen LogP contribution in [0.4, 0.5) is 10.1 Å². The first kappa shape index (κ1) is 16.0. The molecule has 5 heteroatoms. The number of carbonyl (C=O) groups excluding carboxylic acids is 2. The van der Waals surface area contributed by atoms with Crippen LogP contribution in [0.3, 0.4) is 0 Å². The molecule has 1 saturated heterocycles. The molecule has 0 spiro atoms. The molecule has 3 unspecified atom stereocenters. The van der Waals surface area contributed by atoms with Gasteiger partial charge in [-0.1, -0.05) is 19.1 Å². The molecule has 1 saturated carbocycles. The van der Waals surface area contributed by atoms with E-state index in [4.69, 9.17) is 0 Å². The Labute approximate surface area is 136 Å². The molecule has 3 rings (SSSR count). The largest absolute Gasteiger partial charge is 0.339 e. The first-order chi connectivity index (χ1) is 11.1. The minimum atomic E-state index is -0.452. The van der Waals surface area contributed by atoms with Crippen molar-refractivity contribution in [2.24, 2.45) is 11.8 Å². The summed E-state index contributed by atoms with van der Waals surface area (Å²) in [5, 5.41) is 2.60. The summed E-state index contributed by atoms with van der Waals surface area (Å²) in [6.07, 6.45) is 4.81. The Balaban J connectivity index is 1.59. The highest BCUT2D eigenvalue weighted by Gasteiger charge is 2.50. The maximum atomic E-state index is 13.6. The molecule has 2 aliphatic rings. The molecule has 2 fully saturated rings. The Bertz CT molecular complexity index is 604. The van der Waals surface area contributed by atoms with E-state index in [0.717, 1.165) is 25.8 Å². The number of nitrogens with zero attached hydrogens (tertiary/aromatic N) is 1. The number of rotatable bonds is 4. The lowest BCUT2D eigenvalue weighted by Crippen LogP contribution is -2.44. The van der Waals surface area contributed by atoms with Gasteiger partial charge in [-0.3, -0.25) is 9.59 Å². The monoisotopic (exact) mass is 318 g/mol. The number of hydrogen-bond donors (Lipinski definition) is 1. The average Bonchev–Trinajstić information content (AvgIpc) is 3.37. The summed E-state index contributed by atoms with van der Waals surface area (Å²) in [6.45, 7) is 2.90. The van der Waals surface area contributed by atoms with Gasteiger partial charge in [0.2, 0.25) is 11.8 Å². The first-order valence-electron chi connectivity index (χ1n) is 8.47. The number of hydrogen-bond acceptors (Lipinski definition) is 2. The van der Waals surface area contributed by atoms with Gasteiger partial charge in [-0.25, -0.2) is 4.39 Å². The molecular weight excluding hydrogens is 295 g/mol. The van der Waals surface area contributed by atoms with Crippen molar-refractivity contribution in [2.45, 2.75) is 45.1 Å². The summed E-state index contributed by atoms with van der Waals surface area (Å²) < 4.78 is 13.6. The minimum absolute atomic E-state index is 0.102. The van der Waals surface area contributed by atoms with Crippen LogP contribution in [-0.4, -0.2) is 29.3 Å². The molecule has 1 N–H and O–H groups in total. The van der Waals surface area contributed by atoms with E-state index in [9.17, 15) is 14.0 Å². The number of nitrogens with one attached hydrogen (secondary N) is 1. The van der Waals surface area contributed by atoms with E-state index in [-0.39, 0.29) is 29.3 Å². The maximum absolute atomic E-state index is 13.6. The van der Waals surface area contributed by atoms with Crippen LogP contribution < -0.4 is 5.32 Å². The number of amides is 2.